The number of carboxylic acids is 1. The van der Waals surface area contributed by atoms with Crippen LogP contribution in [-0.2, 0) is 30.4 Å². The van der Waals surface area contributed by atoms with E-state index >= 15 is 0 Å². The fraction of sp³-hybridized carbons (Fsp3) is 0.481. The standard InChI is InChI=1S/C27H42N10O6/c28-10-4-3-8-19(25(41)37-21(26(42)43)13-22(30)38)36-24(40)20(9-5-11-33-27(31)32)35-23(39)17(29)12-15-14-34-18-7-2-1-6-16(15)18/h1-2,6-7,14,17,19-21,34H,3-5,8-13,28-29H2,(H2,30,38)(H,35,39)(H,36,40)(H,37,41)(H,42,43)(H4,31,32,33). The molecule has 1 aromatic carbocycles. The number of rotatable bonds is 19. The van der Waals surface area contributed by atoms with E-state index in [4.69, 9.17) is 28.7 Å². The highest BCUT2D eigenvalue weighted by molar-refractivity contribution is 5.95. The van der Waals surface area contributed by atoms with Crippen LogP contribution in [0.4, 0.5) is 0 Å². The largest absolute Gasteiger partial charge is 0.480 e. The number of aliphatic imine (C=N–C) groups is 1. The number of fused-ring (bicyclic) bond motifs is 1. The molecule has 1 aromatic heterocycles. The number of aromatic nitrogens is 1. The number of primary amides is 1. The lowest BCUT2D eigenvalue weighted by molar-refractivity contribution is -0.143. The van der Waals surface area contributed by atoms with Gasteiger partial charge in [-0.2, -0.15) is 0 Å². The Kier molecular flexibility index (Phi) is 13.9. The van der Waals surface area contributed by atoms with Crippen LogP contribution in [0.5, 0.6) is 0 Å². The van der Waals surface area contributed by atoms with Crippen molar-refractivity contribution in [1.82, 2.24) is 20.9 Å². The minimum absolute atomic E-state index is 0.102. The number of amides is 4. The number of aromatic amines is 1. The molecule has 15 N–H and O–H groups in total. The first kappa shape index (κ1) is 34.5. The van der Waals surface area contributed by atoms with Crippen molar-refractivity contribution in [3.05, 3.63) is 36.0 Å². The predicted octanol–water partition coefficient (Wildman–Crippen LogP) is -2.37. The number of guanidine groups is 1. The number of benzene rings is 1. The first-order valence-electron chi connectivity index (χ1n) is 13.9. The fourth-order valence-electron chi connectivity index (χ4n) is 4.39. The number of H-pyrrole nitrogens is 1. The van der Waals surface area contributed by atoms with Crippen molar-refractivity contribution in [2.75, 3.05) is 13.1 Å². The second-order valence-corrected chi connectivity index (χ2v) is 10.1. The summed E-state index contributed by atoms with van der Waals surface area (Å²) in [6.07, 6.45) is 2.81. The van der Waals surface area contributed by atoms with E-state index in [9.17, 15) is 29.1 Å². The van der Waals surface area contributed by atoms with E-state index < -0.39 is 60.2 Å². The SMILES string of the molecule is NCCCCC(NC(=O)C(CCCN=C(N)N)NC(=O)C(N)Cc1c[nH]c2ccccc12)C(=O)NC(CC(N)=O)C(=O)O. The molecule has 16 heteroatoms. The molecule has 0 radical (unpaired) electrons. The summed E-state index contributed by atoms with van der Waals surface area (Å²) in [5.41, 5.74) is 29.4. The number of hydrogen-bond donors (Lipinski definition) is 10. The van der Waals surface area contributed by atoms with Crippen molar-refractivity contribution in [3.63, 3.8) is 0 Å². The van der Waals surface area contributed by atoms with Crippen LogP contribution < -0.4 is 44.6 Å². The van der Waals surface area contributed by atoms with Gasteiger partial charge in [-0.05, 0) is 56.7 Å². The first-order valence-corrected chi connectivity index (χ1v) is 13.9. The van der Waals surface area contributed by atoms with Crippen molar-refractivity contribution in [1.29, 1.82) is 0 Å². The van der Waals surface area contributed by atoms with Gasteiger partial charge in [0, 0.05) is 23.6 Å². The average Bonchev–Trinajstić information content (AvgIpc) is 3.35. The minimum atomic E-state index is -1.59. The van der Waals surface area contributed by atoms with Gasteiger partial charge in [0.15, 0.2) is 5.96 Å². The first-order chi connectivity index (χ1) is 20.4. The molecule has 0 spiro atoms. The summed E-state index contributed by atoms with van der Waals surface area (Å²) in [5.74, 6) is -4.65. The van der Waals surface area contributed by atoms with Crippen LogP contribution in [-0.4, -0.2) is 82.9 Å². The summed E-state index contributed by atoms with van der Waals surface area (Å²) in [7, 11) is 0. The summed E-state index contributed by atoms with van der Waals surface area (Å²) < 4.78 is 0. The highest BCUT2D eigenvalue weighted by atomic mass is 16.4. The molecule has 4 atom stereocenters. The van der Waals surface area contributed by atoms with E-state index in [1.807, 2.05) is 24.3 Å². The van der Waals surface area contributed by atoms with E-state index in [-0.39, 0.29) is 31.8 Å². The third-order valence-electron chi connectivity index (χ3n) is 6.63. The molecule has 0 aliphatic heterocycles. The lowest BCUT2D eigenvalue weighted by Gasteiger charge is -2.25. The van der Waals surface area contributed by atoms with Crippen LogP contribution >= 0.6 is 0 Å². The van der Waals surface area contributed by atoms with Crippen LogP contribution in [0.25, 0.3) is 10.9 Å². The zero-order valence-electron chi connectivity index (χ0n) is 23.9. The van der Waals surface area contributed by atoms with Gasteiger partial charge in [0.2, 0.25) is 23.6 Å². The van der Waals surface area contributed by atoms with Crippen molar-refractivity contribution in [3.8, 4) is 0 Å². The van der Waals surface area contributed by atoms with E-state index in [2.05, 4.69) is 25.9 Å². The van der Waals surface area contributed by atoms with Gasteiger partial charge in [0.1, 0.15) is 18.1 Å². The fourth-order valence-corrected chi connectivity index (χ4v) is 4.39. The molecule has 0 saturated heterocycles. The van der Waals surface area contributed by atoms with Crippen LogP contribution in [0.1, 0.15) is 44.1 Å². The summed E-state index contributed by atoms with van der Waals surface area (Å²) in [6.45, 7) is 0.511. The Bertz CT molecular complexity index is 1290. The molecule has 4 unspecified atom stereocenters. The third kappa shape index (κ3) is 11.6. The number of aliphatic carboxylic acids is 1. The third-order valence-corrected chi connectivity index (χ3v) is 6.63. The quantitative estimate of drug-likeness (QED) is 0.0463. The predicted molar refractivity (Wildman–Crippen MR) is 160 cm³/mol. The molecule has 0 aliphatic carbocycles. The number of nitrogens with two attached hydrogens (primary N) is 5. The number of hydrogen-bond acceptors (Lipinski definition) is 8. The van der Waals surface area contributed by atoms with E-state index in [0.29, 0.717) is 25.8 Å². The maximum Gasteiger partial charge on any atom is 0.326 e. The Hall–Kier alpha value is -4.70. The number of carbonyl (C=O) groups excluding carboxylic acids is 4. The molecule has 0 bridgehead atoms. The molecule has 0 saturated carbocycles. The second-order valence-electron chi connectivity index (χ2n) is 10.1. The van der Waals surface area contributed by atoms with Gasteiger partial charge in [-0.15, -0.1) is 0 Å². The molecular weight excluding hydrogens is 560 g/mol. The average molecular weight is 603 g/mol. The summed E-state index contributed by atoms with van der Waals surface area (Å²) in [4.78, 5) is 69.4. The molecular formula is C27H42N10O6. The van der Waals surface area contributed by atoms with Crippen LogP contribution in [0, 0.1) is 0 Å². The maximum atomic E-state index is 13.4. The normalized spacial score (nSPS) is 13.7. The van der Waals surface area contributed by atoms with Crippen LogP contribution in [0.15, 0.2) is 35.5 Å². The lowest BCUT2D eigenvalue weighted by Crippen LogP contribution is -2.57. The van der Waals surface area contributed by atoms with Crippen LogP contribution in [0.3, 0.4) is 0 Å². The maximum absolute atomic E-state index is 13.4. The number of nitrogens with zero attached hydrogens (tertiary/aromatic N) is 1. The highest BCUT2D eigenvalue weighted by Crippen LogP contribution is 2.19. The minimum Gasteiger partial charge on any atom is -0.480 e. The zero-order chi connectivity index (χ0) is 31.9. The summed E-state index contributed by atoms with van der Waals surface area (Å²) in [6, 6.07) is 2.65. The van der Waals surface area contributed by atoms with Gasteiger partial charge in [0.05, 0.1) is 12.5 Å². The molecule has 43 heavy (non-hydrogen) atoms. The molecule has 1 heterocycles. The Morgan fingerprint density at radius 3 is 2.07 bits per heavy atom. The molecule has 2 rings (SSSR count). The van der Waals surface area contributed by atoms with E-state index in [0.717, 1.165) is 16.5 Å². The smallest absolute Gasteiger partial charge is 0.326 e. The Morgan fingerprint density at radius 2 is 1.47 bits per heavy atom. The summed E-state index contributed by atoms with van der Waals surface area (Å²) in [5, 5.41) is 17.8. The number of unbranched alkanes of at least 4 members (excludes halogenated alkanes) is 1. The van der Waals surface area contributed by atoms with E-state index in [1.165, 1.54) is 0 Å². The van der Waals surface area contributed by atoms with Crippen molar-refractivity contribution < 1.29 is 29.1 Å². The van der Waals surface area contributed by atoms with Gasteiger partial charge in [0.25, 0.3) is 0 Å². The van der Waals surface area contributed by atoms with Gasteiger partial charge >= 0.3 is 5.97 Å². The van der Waals surface area contributed by atoms with Gasteiger partial charge < -0.3 is 54.7 Å². The van der Waals surface area contributed by atoms with Crippen molar-refractivity contribution in [2.24, 2.45) is 33.7 Å². The molecule has 0 aliphatic rings. The number of nitrogens with one attached hydrogen (secondary N) is 4. The number of carbonyl (C=O) groups is 5. The molecule has 4 amide bonds. The highest BCUT2D eigenvalue weighted by Gasteiger charge is 2.30. The Labute approximate surface area is 248 Å². The Balaban J connectivity index is 2.19. The number of carboxylic acid groups (broad SMARTS) is 1. The lowest BCUT2D eigenvalue weighted by atomic mass is 10.0. The zero-order valence-corrected chi connectivity index (χ0v) is 23.9. The number of para-hydroxylation sites is 1. The van der Waals surface area contributed by atoms with Gasteiger partial charge in [-0.25, -0.2) is 4.79 Å². The molecule has 236 valence electrons. The second kappa shape index (κ2) is 17.3. The summed E-state index contributed by atoms with van der Waals surface area (Å²) >= 11 is 0. The van der Waals surface area contributed by atoms with Gasteiger partial charge in [-0.1, -0.05) is 18.2 Å². The monoisotopic (exact) mass is 602 g/mol. The molecule has 16 nitrogen and oxygen atoms in total. The van der Waals surface area contributed by atoms with Crippen molar-refractivity contribution >= 4 is 46.5 Å². The van der Waals surface area contributed by atoms with Gasteiger partial charge in [-0.3, -0.25) is 24.2 Å². The molecule has 0 fully saturated rings. The van der Waals surface area contributed by atoms with Crippen molar-refractivity contribution in [2.45, 2.75) is 69.1 Å². The Morgan fingerprint density at radius 1 is 0.860 bits per heavy atom. The topological polar surface area (TPSA) is 300 Å². The molecule has 2 aromatic rings. The van der Waals surface area contributed by atoms with E-state index in [1.54, 1.807) is 6.20 Å². The van der Waals surface area contributed by atoms with Crippen LogP contribution in [0.2, 0.25) is 0 Å².